The summed E-state index contributed by atoms with van der Waals surface area (Å²) in [4.78, 5) is 32.5. The van der Waals surface area contributed by atoms with E-state index >= 15 is 4.39 Å². The Balaban J connectivity index is 2.27. The molecule has 242 valence electrons. The quantitative estimate of drug-likeness (QED) is 0.324. The third kappa shape index (κ3) is 8.16. The van der Waals surface area contributed by atoms with Crippen molar-refractivity contribution < 1.29 is 41.3 Å². The lowest BCUT2D eigenvalue weighted by Crippen LogP contribution is -2.62. The minimum Gasteiger partial charge on any atom is -0.497 e. The van der Waals surface area contributed by atoms with E-state index in [0.717, 1.165) is 5.56 Å². The number of methoxy groups -OCH3 is 1. The first-order valence-electron chi connectivity index (χ1n) is 13.9. The summed E-state index contributed by atoms with van der Waals surface area (Å²) in [5.41, 5.74) is -3.41. The normalized spacial score (nSPS) is 19.5. The highest BCUT2D eigenvalue weighted by Crippen LogP contribution is 2.41. The van der Waals surface area contributed by atoms with Gasteiger partial charge in [0.15, 0.2) is 9.84 Å². The minimum atomic E-state index is -4.27. The summed E-state index contributed by atoms with van der Waals surface area (Å²) >= 11 is 3.34. The Morgan fingerprint density at radius 2 is 1.52 bits per heavy atom. The van der Waals surface area contributed by atoms with E-state index in [9.17, 15) is 18.0 Å². The minimum absolute atomic E-state index is 0.0253. The number of carbonyl (C=O) groups excluding carboxylic acids is 2. The van der Waals surface area contributed by atoms with Gasteiger partial charge in [-0.05, 0) is 91.3 Å². The highest BCUT2D eigenvalue weighted by Gasteiger charge is 2.56. The van der Waals surface area contributed by atoms with Crippen LogP contribution in [0.1, 0.15) is 66.5 Å². The van der Waals surface area contributed by atoms with Gasteiger partial charge in [0.05, 0.1) is 26.1 Å². The molecule has 1 aliphatic rings. The second kappa shape index (κ2) is 12.8. The summed E-state index contributed by atoms with van der Waals surface area (Å²) in [7, 11) is -2.72. The molecule has 0 fully saturated rings. The number of carbonyl (C=O) groups is 2. The summed E-state index contributed by atoms with van der Waals surface area (Å²) in [6, 6.07) is 11.1. The van der Waals surface area contributed by atoms with E-state index in [0.29, 0.717) is 15.1 Å². The van der Waals surface area contributed by atoms with Crippen LogP contribution in [-0.2, 0) is 36.2 Å². The molecule has 0 N–H and O–H groups in total. The van der Waals surface area contributed by atoms with Crippen LogP contribution >= 0.6 is 15.9 Å². The highest BCUT2D eigenvalue weighted by atomic mass is 79.9. The Labute approximate surface area is 267 Å². The number of hydrogen-bond acceptors (Lipinski definition) is 9. The summed E-state index contributed by atoms with van der Waals surface area (Å²) < 4.78 is 64.6. The number of nitrogens with zero attached hydrogens (tertiary/aromatic N) is 2. The maximum absolute atomic E-state index is 15.6. The highest BCUT2D eigenvalue weighted by molar-refractivity contribution is 9.10. The van der Waals surface area contributed by atoms with Crippen LogP contribution in [0.2, 0.25) is 0 Å². The topological polar surface area (TPSA) is 121 Å². The van der Waals surface area contributed by atoms with Crippen molar-refractivity contribution in [3.63, 3.8) is 0 Å². The number of amides is 2. The van der Waals surface area contributed by atoms with Crippen LogP contribution in [-0.4, -0.2) is 66.8 Å². The van der Waals surface area contributed by atoms with E-state index in [1.54, 1.807) is 72.9 Å². The largest absolute Gasteiger partial charge is 0.497 e. The molecule has 0 saturated heterocycles. The predicted octanol–water partition coefficient (Wildman–Crippen LogP) is 6.79. The standard InChI is InChI=1S/C31H40BrFN2O8S/c1-28(2,3)42-26(36)35(27(37)43-29(4,5)6)25-30(7,8)44(38,39)19-31(34-25,23-16-21(32)12-15-24(23)33)18-41-17-20-10-13-22(40-9)14-11-20/h10-16H,17-19H2,1-9H3. The lowest BCUT2D eigenvalue weighted by atomic mass is 9.91. The number of imide groups is 1. The Hall–Kier alpha value is -3.03. The zero-order valence-electron chi connectivity index (χ0n) is 26.5. The van der Waals surface area contributed by atoms with Crippen molar-refractivity contribution in [3.05, 3.63) is 63.9 Å². The van der Waals surface area contributed by atoms with Gasteiger partial charge in [-0.3, -0.25) is 4.99 Å². The van der Waals surface area contributed by atoms with Gasteiger partial charge in [0.1, 0.15) is 38.9 Å². The number of benzene rings is 2. The molecule has 0 spiro atoms. The van der Waals surface area contributed by atoms with Crippen LogP contribution < -0.4 is 4.74 Å². The molecule has 2 amide bonds. The Bertz CT molecular complexity index is 1500. The molecule has 3 rings (SSSR count). The zero-order chi connectivity index (χ0) is 33.3. The van der Waals surface area contributed by atoms with Crippen molar-refractivity contribution in [2.75, 3.05) is 19.5 Å². The molecule has 13 heteroatoms. The first-order chi connectivity index (χ1) is 20.1. The van der Waals surface area contributed by atoms with E-state index in [-0.39, 0.29) is 12.2 Å². The van der Waals surface area contributed by atoms with Gasteiger partial charge in [-0.2, -0.15) is 4.90 Å². The molecule has 2 aromatic rings. The lowest BCUT2D eigenvalue weighted by Gasteiger charge is -2.43. The van der Waals surface area contributed by atoms with Crippen LogP contribution in [0.5, 0.6) is 5.75 Å². The number of rotatable bonds is 6. The molecule has 1 atom stereocenters. The SMILES string of the molecule is COc1ccc(COCC2(c3cc(Br)ccc3F)CS(=O)(=O)C(C)(C)C(N(C(=O)OC(C)(C)C)C(=O)OC(C)(C)C)=N2)cc1. The van der Waals surface area contributed by atoms with Gasteiger partial charge in [-0.15, -0.1) is 0 Å². The van der Waals surface area contributed by atoms with Crippen molar-refractivity contribution in [2.45, 2.75) is 83.5 Å². The van der Waals surface area contributed by atoms with Crippen molar-refractivity contribution in [1.29, 1.82) is 0 Å². The van der Waals surface area contributed by atoms with Gasteiger partial charge < -0.3 is 18.9 Å². The molecule has 2 aromatic carbocycles. The van der Waals surface area contributed by atoms with E-state index in [1.807, 2.05) is 0 Å². The first kappa shape index (κ1) is 35.4. The molecule has 10 nitrogen and oxygen atoms in total. The molecule has 0 radical (unpaired) electrons. The molecule has 1 heterocycles. The second-order valence-electron chi connectivity index (χ2n) is 13.0. The average Bonchev–Trinajstić information content (AvgIpc) is 2.87. The fourth-order valence-electron chi connectivity index (χ4n) is 4.39. The average molecular weight is 700 g/mol. The van der Waals surface area contributed by atoms with Crippen LogP contribution in [0.4, 0.5) is 14.0 Å². The molecule has 0 aliphatic carbocycles. The third-order valence-corrected chi connectivity index (χ3v) is 9.72. The Morgan fingerprint density at radius 1 is 0.977 bits per heavy atom. The number of hydrogen-bond donors (Lipinski definition) is 0. The number of halogens is 2. The first-order valence-corrected chi connectivity index (χ1v) is 16.3. The number of amidine groups is 1. The Kier molecular flexibility index (Phi) is 10.3. The summed E-state index contributed by atoms with van der Waals surface area (Å²) in [5, 5.41) is 0. The monoisotopic (exact) mass is 698 g/mol. The van der Waals surface area contributed by atoms with Crippen molar-refractivity contribution >= 4 is 43.8 Å². The molecule has 1 aliphatic heterocycles. The van der Waals surface area contributed by atoms with E-state index in [2.05, 4.69) is 15.9 Å². The molecular formula is C31H40BrFN2O8S. The maximum atomic E-state index is 15.6. The van der Waals surface area contributed by atoms with Gasteiger partial charge in [-0.1, -0.05) is 28.1 Å². The fourth-order valence-corrected chi connectivity index (χ4v) is 6.46. The summed E-state index contributed by atoms with van der Waals surface area (Å²) in [6.07, 6.45) is -2.39. The van der Waals surface area contributed by atoms with E-state index in [1.165, 1.54) is 32.0 Å². The summed E-state index contributed by atoms with van der Waals surface area (Å²) in [6.45, 7) is 11.8. The van der Waals surface area contributed by atoms with Gasteiger partial charge >= 0.3 is 12.2 Å². The van der Waals surface area contributed by atoms with Crippen molar-refractivity contribution in [2.24, 2.45) is 4.99 Å². The van der Waals surface area contributed by atoms with Crippen LogP contribution in [0.3, 0.4) is 0 Å². The molecule has 0 saturated carbocycles. The van der Waals surface area contributed by atoms with Gasteiger partial charge in [0.25, 0.3) is 0 Å². The maximum Gasteiger partial charge on any atom is 0.425 e. The third-order valence-electron chi connectivity index (χ3n) is 6.63. The van der Waals surface area contributed by atoms with Gasteiger partial charge in [0, 0.05) is 10.0 Å². The summed E-state index contributed by atoms with van der Waals surface area (Å²) in [5.74, 6) is -1.27. The van der Waals surface area contributed by atoms with E-state index in [4.69, 9.17) is 23.9 Å². The molecule has 0 aromatic heterocycles. The van der Waals surface area contributed by atoms with Crippen LogP contribution in [0, 0.1) is 5.82 Å². The number of aliphatic imine (C=N–C) groups is 1. The van der Waals surface area contributed by atoms with Crippen LogP contribution in [0.15, 0.2) is 51.9 Å². The second-order valence-corrected chi connectivity index (χ2v) is 16.5. The predicted molar refractivity (Wildman–Crippen MR) is 168 cm³/mol. The molecular weight excluding hydrogens is 659 g/mol. The smallest absolute Gasteiger partial charge is 0.425 e. The van der Waals surface area contributed by atoms with Crippen molar-refractivity contribution in [3.8, 4) is 5.75 Å². The van der Waals surface area contributed by atoms with E-state index < -0.39 is 67.5 Å². The zero-order valence-corrected chi connectivity index (χ0v) is 28.9. The molecule has 44 heavy (non-hydrogen) atoms. The van der Waals surface area contributed by atoms with Crippen LogP contribution in [0.25, 0.3) is 0 Å². The molecule has 1 unspecified atom stereocenters. The Morgan fingerprint density at radius 3 is 2.02 bits per heavy atom. The lowest BCUT2D eigenvalue weighted by molar-refractivity contribution is 0.0135. The van der Waals surface area contributed by atoms with Crippen molar-refractivity contribution in [1.82, 2.24) is 4.90 Å². The fraction of sp³-hybridized carbons (Fsp3) is 0.516. The number of ether oxygens (including phenoxy) is 4. The van der Waals surface area contributed by atoms with Gasteiger partial charge in [0.2, 0.25) is 0 Å². The van der Waals surface area contributed by atoms with Gasteiger partial charge in [-0.25, -0.2) is 22.4 Å². The number of sulfone groups is 1. The molecule has 0 bridgehead atoms.